The van der Waals surface area contributed by atoms with Gasteiger partial charge in [0.15, 0.2) is 0 Å². The minimum Gasteiger partial charge on any atom is -0.337 e. The van der Waals surface area contributed by atoms with E-state index in [1.807, 2.05) is 4.90 Å². The van der Waals surface area contributed by atoms with Crippen LogP contribution in [0.3, 0.4) is 0 Å². The van der Waals surface area contributed by atoms with Gasteiger partial charge in [-0.25, -0.2) is 4.79 Å². The summed E-state index contributed by atoms with van der Waals surface area (Å²) in [5, 5.41) is 0.462. The van der Waals surface area contributed by atoms with Crippen molar-refractivity contribution in [3.8, 4) is 0 Å². The van der Waals surface area contributed by atoms with E-state index in [2.05, 4.69) is 25.8 Å². The fourth-order valence-corrected chi connectivity index (χ4v) is 3.24. The SMILES string of the molecule is CC(C)[C@H](C)N(C(=O)CCn1c(=O)[nH]c(=O)c2ccccc21)C1CC1. The summed E-state index contributed by atoms with van der Waals surface area (Å²) < 4.78 is 1.49. The minimum absolute atomic E-state index is 0.0749. The molecule has 1 aliphatic carbocycles. The van der Waals surface area contributed by atoms with Crippen molar-refractivity contribution in [1.82, 2.24) is 14.5 Å². The second-order valence-corrected chi connectivity index (χ2v) is 7.19. The number of nitrogens with one attached hydrogen (secondary N) is 1. The van der Waals surface area contributed by atoms with Crippen molar-refractivity contribution >= 4 is 16.8 Å². The van der Waals surface area contributed by atoms with Gasteiger partial charge in [-0.05, 0) is 37.8 Å². The van der Waals surface area contributed by atoms with E-state index in [0.29, 0.717) is 22.9 Å². The van der Waals surface area contributed by atoms with Crippen molar-refractivity contribution < 1.29 is 4.79 Å². The molecule has 0 bridgehead atoms. The van der Waals surface area contributed by atoms with Crippen LogP contribution in [-0.2, 0) is 11.3 Å². The number of aromatic nitrogens is 2. The van der Waals surface area contributed by atoms with Crippen molar-refractivity contribution in [2.45, 2.75) is 58.7 Å². The molecule has 1 heterocycles. The van der Waals surface area contributed by atoms with Gasteiger partial charge < -0.3 is 4.90 Å². The topological polar surface area (TPSA) is 75.2 Å². The lowest BCUT2D eigenvalue weighted by Gasteiger charge is -2.32. The number of carbonyl (C=O) groups excluding carboxylic acids is 1. The van der Waals surface area contributed by atoms with E-state index < -0.39 is 11.2 Å². The van der Waals surface area contributed by atoms with Gasteiger partial charge in [-0.3, -0.25) is 19.1 Å². The maximum absolute atomic E-state index is 12.8. The fraction of sp³-hybridized carbons (Fsp3) is 0.526. The third-order valence-corrected chi connectivity index (χ3v) is 5.09. The zero-order chi connectivity index (χ0) is 18.1. The van der Waals surface area contributed by atoms with Gasteiger partial charge in [0.2, 0.25) is 5.91 Å². The summed E-state index contributed by atoms with van der Waals surface area (Å²) in [6.07, 6.45) is 2.37. The van der Waals surface area contributed by atoms with Gasteiger partial charge in [0, 0.05) is 25.0 Å². The molecule has 6 heteroatoms. The lowest BCUT2D eigenvalue weighted by atomic mass is 10.0. The molecular formula is C19H25N3O3. The van der Waals surface area contributed by atoms with E-state index in [1.54, 1.807) is 24.3 Å². The minimum atomic E-state index is -0.466. The van der Waals surface area contributed by atoms with E-state index in [1.165, 1.54) is 4.57 Å². The second-order valence-electron chi connectivity index (χ2n) is 7.19. The van der Waals surface area contributed by atoms with Crippen LogP contribution in [0.1, 0.15) is 40.0 Å². The molecule has 0 radical (unpaired) electrons. The smallest absolute Gasteiger partial charge is 0.328 e. The molecule has 1 fully saturated rings. The number of hydrogen-bond acceptors (Lipinski definition) is 3. The van der Waals surface area contributed by atoms with Crippen molar-refractivity contribution in [3.05, 3.63) is 45.1 Å². The molecule has 6 nitrogen and oxygen atoms in total. The molecule has 1 aromatic heterocycles. The Kier molecular flexibility index (Phi) is 4.79. The van der Waals surface area contributed by atoms with E-state index in [9.17, 15) is 14.4 Å². The number of fused-ring (bicyclic) bond motifs is 1. The highest BCUT2D eigenvalue weighted by Crippen LogP contribution is 2.31. The molecule has 1 N–H and O–H groups in total. The van der Waals surface area contributed by atoms with Gasteiger partial charge in [0.1, 0.15) is 0 Å². The van der Waals surface area contributed by atoms with Crippen molar-refractivity contribution in [3.63, 3.8) is 0 Å². The molecule has 134 valence electrons. The van der Waals surface area contributed by atoms with Gasteiger partial charge in [-0.2, -0.15) is 0 Å². The Bertz CT molecular complexity index is 893. The Morgan fingerprint density at radius 1 is 1.24 bits per heavy atom. The summed E-state index contributed by atoms with van der Waals surface area (Å²) in [5.74, 6) is 0.465. The molecule has 0 saturated heterocycles. The third-order valence-electron chi connectivity index (χ3n) is 5.09. The number of amides is 1. The van der Waals surface area contributed by atoms with Crippen LogP contribution in [0.4, 0.5) is 0 Å². The first kappa shape index (κ1) is 17.5. The zero-order valence-corrected chi connectivity index (χ0v) is 15.0. The molecule has 1 atom stereocenters. The molecule has 1 aromatic carbocycles. The predicted molar refractivity (Wildman–Crippen MR) is 97.6 cm³/mol. The number of rotatable bonds is 6. The van der Waals surface area contributed by atoms with Crippen LogP contribution < -0.4 is 11.2 Å². The molecule has 0 aliphatic heterocycles. The Hall–Kier alpha value is -2.37. The monoisotopic (exact) mass is 343 g/mol. The van der Waals surface area contributed by atoms with Gasteiger partial charge in [0.05, 0.1) is 10.9 Å². The summed E-state index contributed by atoms with van der Waals surface area (Å²) in [6.45, 7) is 6.59. The van der Waals surface area contributed by atoms with Gasteiger partial charge >= 0.3 is 5.69 Å². The number of carbonyl (C=O) groups is 1. The second kappa shape index (κ2) is 6.86. The summed E-state index contributed by atoms with van der Waals surface area (Å²) >= 11 is 0. The largest absolute Gasteiger partial charge is 0.337 e. The van der Waals surface area contributed by atoms with E-state index in [-0.39, 0.29) is 24.9 Å². The predicted octanol–water partition coefficient (Wildman–Crippen LogP) is 2.12. The number of aryl methyl sites for hydroxylation is 1. The van der Waals surface area contributed by atoms with Crippen LogP contribution in [0.25, 0.3) is 10.9 Å². The van der Waals surface area contributed by atoms with Gasteiger partial charge in [-0.1, -0.05) is 26.0 Å². The molecule has 0 spiro atoms. The molecule has 1 aliphatic rings. The molecule has 3 rings (SSSR count). The molecule has 0 unspecified atom stereocenters. The highest BCUT2D eigenvalue weighted by atomic mass is 16.2. The van der Waals surface area contributed by atoms with E-state index in [0.717, 1.165) is 12.8 Å². The number of para-hydroxylation sites is 1. The zero-order valence-electron chi connectivity index (χ0n) is 15.0. The summed E-state index contributed by atoms with van der Waals surface area (Å²) in [7, 11) is 0. The Labute approximate surface area is 146 Å². The van der Waals surface area contributed by atoms with Crippen LogP contribution >= 0.6 is 0 Å². The Morgan fingerprint density at radius 2 is 1.92 bits per heavy atom. The van der Waals surface area contributed by atoms with Gasteiger partial charge in [0.25, 0.3) is 5.56 Å². The molecule has 1 amide bonds. The lowest BCUT2D eigenvalue weighted by molar-refractivity contribution is -0.135. The lowest BCUT2D eigenvalue weighted by Crippen LogP contribution is -2.43. The highest BCUT2D eigenvalue weighted by molar-refractivity contribution is 5.79. The average Bonchev–Trinajstić information content (AvgIpc) is 3.39. The van der Waals surface area contributed by atoms with Crippen molar-refractivity contribution in [2.24, 2.45) is 5.92 Å². The number of H-pyrrole nitrogens is 1. The summed E-state index contributed by atoms with van der Waals surface area (Å²) in [5.41, 5.74) is -0.290. The van der Waals surface area contributed by atoms with Crippen molar-refractivity contribution in [2.75, 3.05) is 0 Å². The standard InChI is InChI=1S/C19H25N3O3/c1-12(2)13(3)22(14-8-9-14)17(23)10-11-21-16-7-5-4-6-15(16)18(24)20-19(21)25/h4-7,12-14H,8-11H2,1-3H3,(H,20,24,25)/t13-/m0/s1. The van der Waals surface area contributed by atoms with Crippen LogP contribution in [0.15, 0.2) is 33.9 Å². The first-order valence-electron chi connectivity index (χ1n) is 8.93. The van der Waals surface area contributed by atoms with Crippen LogP contribution in [0, 0.1) is 5.92 Å². The molecular weight excluding hydrogens is 318 g/mol. The number of hydrogen-bond donors (Lipinski definition) is 1. The molecule has 25 heavy (non-hydrogen) atoms. The Morgan fingerprint density at radius 3 is 2.56 bits per heavy atom. The molecule has 2 aromatic rings. The van der Waals surface area contributed by atoms with E-state index in [4.69, 9.17) is 0 Å². The molecule has 1 saturated carbocycles. The van der Waals surface area contributed by atoms with Gasteiger partial charge in [-0.15, -0.1) is 0 Å². The van der Waals surface area contributed by atoms with Crippen LogP contribution in [0.2, 0.25) is 0 Å². The third kappa shape index (κ3) is 3.52. The first-order chi connectivity index (χ1) is 11.9. The van der Waals surface area contributed by atoms with Crippen molar-refractivity contribution in [1.29, 1.82) is 0 Å². The van der Waals surface area contributed by atoms with Crippen LogP contribution in [-0.4, -0.2) is 32.4 Å². The number of benzene rings is 1. The van der Waals surface area contributed by atoms with E-state index >= 15 is 0 Å². The summed E-state index contributed by atoms with van der Waals surface area (Å²) in [4.78, 5) is 41.2. The maximum atomic E-state index is 12.8. The Balaban J connectivity index is 1.84. The number of nitrogens with zero attached hydrogens (tertiary/aromatic N) is 2. The highest BCUT2D eigenvalue weighted by Gasteiger charge is 2.36. The maximum Gasteiger partial charge on any atom is 0.328 e. The quantitative estimate of drug-likeness (QED) is 0.873. The number of aromatic amines is 1. The average molecular weight is 343 g/mol. The van der Waals surface area contributed by atoms with Crippen LogP contribution in [0.5, 0.6) is 0 Å². The fourth-order valence-electron chi connectivity index (χ4n) is 3.24. The normalized spacial score (nSPS) is 15.5. The first-order valence-corrected chi connectivity index (χ1v) is 8.93. The summed E-state index contributed by atoms with van der Waals surface area (Å²) in [6, 6.07) is 7.50.